The predicted octanol–water partition coefficient (Wildman–Crippen LogP) is 3.20. The van der Waals surface area contributed by atoms with Crippen molar-refractivity contribution in [2.24, 2.45) is 0 Å². The zero-order valence-corrected chi connectivity index (χ0v) is 11.6. The first kappa shape index (κ1) is 13.2. The van der Waals surface area contributed by atoms with Gasteiger partial charge < -0.3 is 14.8 Å². The average molecular weight is 281 g/mol. The van der Waals surface area contributed by atoms with Gasteiger partial charge in [-0.2, -0.15) is 0 Å². The Bertz CT molecular complexity index is 707. The predicted molar refractivity (Wildman–Crippen MR) is 82.5 cm³/mol. The molecule has 0 aliphatic carbocycles. The number of hydrogen-bond acceptors (Lipinski definition) is 3. The molecule has 2 aromatic carbocycles. The van der Waals surface area contributed by atoms with Crippen molar-refractivity contribution in [1.82, 2.24) is 0 Å². The van der Waals surface area contributed by atoms with E-state index in [4.69, 9.17) is 9.47 Å². The Hall–Kier alpha value is -2.75. The molecular weight excluding hydrogens is 266 g/mol. The van der Waals surface area contributed by atoms with Gasteiger partial charge in [-0.3, -0.25) is 4.79 Å². The van der Waals surface area contributed by atoms with Crippen LogP contribution in [0.2, 0.25) is 0 Å². The normalized spacial score (nSPS) is 13.5. The second-order valence-corrected chi connectivity index (χ2v) is 4.67. The first-order valence-corrected chi connectivity index (χ1v) is 6.64. The minimum Gasteiger partial charge on any atom is -0.496 e. The number of benzene rings is 2. The topological polar surface area (TPSA) is 47.6 Å². The van der Waals surface area contributed by atoms with Gasteiger partial charge in [-0.15, -0.1) is 0 Å². The van der Waals surface area contributed by atoms with E-state index in [-0.39, 0.29) is 12.5 Å². The quantitative estimate of drug-likeness (QED) is 0.879. The van der Waals surface area contributed by atoms with Crippen LogP contribution in [0.15, 0.2) is 42.5 Å². The number of nitrogens with one attached hydrogen (secondary N) is 1. The Morgan fingerprint density at radius 3 is 2.90 bits per heavy atom. The number of hydrogen-bond donors (Lipinski definition) is 1. The molecule has 1 aliphatic heterocycles. The highest BCUT2D eigenvalue weighted by atomic mass is 16.5. The third kappa shape index (κ3) is 2.89. The maximum atomic E-state index is 11.3. The number of fused-ring (bicyclic) bond motifs is 1. The molecule has 0 radical (unpaired) electrons. The smallest absolute Gasteiger partial charge is 0.262 e. The number of para-hydroxylation sites is 1. The summed E-state index contributed by atoms with van der Waals surface area (Å²) in [5, 5.41) is 2.80. The molecular formula is C17H15NO3. The lowest BCUT2D eigenvalue weighted by Gasteiger charge is -2.17. The van der Waals surface area contributed by atoms with Gasteiger partial charge in [0.2, 0.25) is 0 Å². The van der Waals surface area contributed by atoms with Crippen molar-refractivity contribution in [3.63, 3.8) is 0 Å². The Morgan fingerprint density at radius 1 is 1.19 bits per heavy atom. The van der Waals surface area contributed by atoms with Gasteiger partial charge >= 0.3 is 0 Å². The monoisotopic (exact) mass is 281 g/mol. The Morgan fingerprint density at radius 2 is 2.05 bits per heavy atom. The van der Waals surface area contributed by atoms with Crippen molar-refractivity contribution < 1.29 is 14.3 Å². The minimum atomic E-state index is -0.131. The number of carbonyl (C=O) groups excluding carboxylic acids is 1. The van der Waals surface area contributed by atoms with Crippen molar-refractivity contribution in [2.45, 2.75) is 0 Å². The summed E-state index contributed by atoms with van der Waals surface area (Å²) >= 11 is 0. The fourth-order valence-corrected chi connectivity index (χ4v) is 2.19. The van der Waals surface area contributed by atoms with Crippen molar-refractivity contribution in [1.29, 1.82) is 0 Å². The summed E-state index contributed by atoms with van der Waals surface area (Å²) in [6.45, 7) is 0.0728. The van der Waals surface area contributed by atoms with Gasteiger partial charge in [0.15, 0.2) is 6.61 Å². The van der Waals surface area contributed by atoms with E-state index in [0.29, 0.717) is 11.4 Å². The molecule has 0 saturated carbocycles. The standard InChI is InChI=1S/C17H15NO3/c1-20-15-5-3-2-4-13(15)8-6-12-7-9-16-14(10-12)18-17(19)11-21-16/h2-10H,11H2,1H3,(H,18,19). The summed E-state index contributed by atoms with van der Waals surface area (Å²) in [5.41, 5.74) is 2.68. The van der Waals surface area contributed by atoms with Crippen LogP contribution in [0.3, 0.4) is 0 Å². The SMILES string of the molecule is COc1ccccc1C=Cc1ccc2c(c1)NC(=O)CO2. The number of amides is 1. The van der Waals surface area contributed by atoms with E-state index in [1.165, 1.54) is 0 Å². The molecule has 1 amide bonds. The summed E-state index contributed by atoms with van der Waals surface area (Å²) in [6, 6.07) is 13.5. The Labute approximate surface area is 123 Å². The molecule has 3 rings (SSSR count). The lowest BCUT2D eigenvalue weighted by molar-refractivity contribution is -0.118. The molecule has 0 aromatic heterocycles. The van der Waals surface area contributed by atoms with E-state index >= 15 is 0 Å². The van der Waals surface area contributed by atoms with Gasteiger partial charge in [-0.1, -0.05) is 36.4 Å². The Balaban J connectivity index is 1.86. The second kappa shape index (κ2) is 5.71. The maximum absolute atomic E-state index is 11.3. The van der Waals surface area contributed by atoms with E-state index in [1.54, 1.807) is 7.11 Å². The molecule has 0 unspecified atom stereocenters. The number of carbonyl (C=O) groups is 1. The fourth-order valence-electron chi connectivity index (χ4n) is 2.19. The van der Waals surface area contributed by atoms with Crippen LogP contribution in [-0.4, -0.2) is 19.6 Å². The molecule has 0 bridgehead atoms. The van der Waals surface area contributed by atoms with Gasteiger partial charge in [0, 0.05) is 5.56 Å². The first-order valence-electron chi connectivity index (χ1n) is 6.64. The summed E-state index contributed by atoms with van der Waals surface area (Å²) in [4.78, 5) is 11.3. The maximum Gasteiger partial charge on any atom is 0.262 e. The zero-order valence-electron chi connectivity index (χ0n) is 11.6. The van der Waals surface area contributed by atoms with Gasteiger partial charge in [-0.25, -0.2) is 0 Å². The second-order valence-electron chi connectivity index (χ2n) is 4.67. The molecule has 1 aliphatic rings. The summed E-state index contributed by atoms with van der Waals surface area (Å²) in [7, 11) is 1.65. The van der Waals surface area contributed by atoms with Crippen LogP contribution in [0, 0.1) is 0 Å². The summed E-state index contributed by atoms with van der Waals surface area (Å²) in [5.74, 6) is 1.39. The highest BCUT2D eigenvalue weighted by molar-refractivity contribution is 5.95. The first-order chi connectivity index (χ1) is 10.3. The number of methoxy groups -OCH3 is 1. The number of anilines is 1. The molecule has 4 heteroatoms. The zero-order chi connectivity index (χ0) is 14.7. The highest BCUT2D eigenvalue weighted by Gasteiger charge is 2.15. The molecule has 21 heavy (non-hydrogen) atoms. The van der Waals surface area contributed by atoms with Crippen molar-refractivity contribution in [2.75, 3.05) is 19.0 Å². The lowest BCUT2D eigenvalue weighted by atomic mass is 10.1. The van der Waals surface area contributed by atoms with Crippen molar-refractivity contribution >= 4 is 23.7 Å². The van der Waals surface area contributed by atoms with Gasteiger partial charge in [0.25, 0.3) is 5.91 Å². The largest absolute Gasteiger partial charge is 0.496 e. The molecule has 4 nitrogen and oxygen atoms in total. The van der Waals surface area contributed by atoms with E-state index in [0.717, 1.165) is 16.9 Å². The number of rotatable bonds is 3. The molecule has 1 N–H and O–H groups in total. The van der Waals surface area contributed by atoms with Crippen LogP contribution in [0.4, 0.5) is 5.69 Å². The highest BCUT2D eigenvalue weighted by Crippen LogP contribution is 2.29. The van der Waals surface area contributed by atoms with Gasteiger partial charge in [-0.05, 0) is 23.8 Å². The van der Waals surface area contributed by atoms with Gasteiger partial charge in [0.1, 0.15) is 11.5 Å². The lowest BCUT2D eigenvalue weighted by Crippen LogP contribution is -2.25. The van der Waals surface area contributed by atoms with Crippen LogP contribution in [0.1, 0.15) is 11.1 Å². The van der Waals surface area contributed by atoms with E-state index < -0.39 is 0 Å². The molecule has 0 fully saturated rings. The van der Waals surface area contributed by atoms with Gasteiger partial charge in [0.05, 0.1) is 12.8 Å². The summed E-state index contributed by atoms with van der Waals surface area (Å²) in [6.07, 6.45) is 3.95. The summed E-state index contributed by atoms with van der Waals surface area (Å²) < 4.78 is 10.6. The number of ether oxygens (including phenoxy) is 2. The third-order valence-electron chi connectivity index (χ3n) is 3.23. The molecule has 0 atom stereocenters. The molecule has 106 valence electrons. The molecule has 1 heterocycles. The van der Waals surface area contributed by atoms with Crippen molar-refractivity contribution in [3.05, 3.63) is 53.6 Å². The van der Waals surface area contributed by atoms with E-state index in [1.807, 2.05) is 54.6 Å². The average Bonchev–Trinajstić information content (AvgIpc) is 2.52. The van der Waals surface area contributed by atoms with Crippen LogP contribution in [-0.2, 0) is 4.79 Å². The molecule has 0 saturated heterocycles. The van der Waals surface area contributed by atoms with Crippen LogP contribution in [0.25, 0.3) is 12.2 Å². The van der Waals surface area contributed by atoms with Crippen LogP contribution < -0.4 is 14.8 Å². The van der Waals surface area contributed by atoms with E-state index in [9.17, 15) is 4.79 Å². The molecule has 0 spiro atoms. The molecule has 2 aromatic rings. The van der Waals surface area contributed by atoms with Crippen LogP contribution >= 0.6 is 0 Å². The van der Waals surface area contributed by atoms with Crippen molar-refractivity contribution in [3.8, 4) is 11.5 Å². The fraction of sp³-hybridized carbons (Fsp3) is 0.118. The minimum absolute atomic E-state index is 0.0728. The van der Waals surface area contributed by atoms with E-state index in [2.05, 4.69) is 5.32 Å². The Kier molecular flexibility index (Phi) is 3.60. The third-order valence-corrected chi connectivity index (χ3v) is 3.23. The van der Waals surface area contributed by atoms with Crippen LogP contribution in [0.5, 0.6) is 11.5 Å².